The van der Waals surface area contributed by atoms with E-state index in [0.717, 1.165) is 11.1 Å². The minimum Gasteiger partial charge on any atom is -0.377 e. The van der Waals surface area contributed by atoms with Gasteiger partial charge in [0.1, 0.15) is 0 Å². The van der Waals surface area contributed by atoms with Crippen LogP contribution in [-0.2, 0) is 22.5 Å². The van der Waals surface area contributed by atoms with E-state index in [2.05, 4.69) is 0 Å². The fourth-order valence-corrected chi connectivity index (χ4v) is 2.38. The summed E-state index contributed by atoms with van der Waals surface area (Å²) in [7, 11) is 0. The summed E-state index contributed by atoms with van der Waals surface area (Å²) in [5.74, 6) is 0.161. The highest BCUT2D eigenvalue weighted by Gasteiger charge is 2.33. The number of benzene rings is 1. The van der Waals surface area contributed by atoms with Crippen LogP contribution in [0.1, 0.15) is 25.0 Å². The van der Waals surface area contributed by atoms with Gasteiger partial charge in [-0.2, -0.15) is 0 Å². The molecule has 1 fully saturated rings. The van der Waals surface area contributed by atoms with E-state index in [1.807, 2.05) is 43.0 Å². The highest BCUT2D eigenvalue weighted by Crippen LogP contribution is 2.20. The van der Waals surface area contributed by atoms with Crippen molar-refractivity contribution in [3.05, 3.63) is 35.4 Å². The van der Waals surface area contributed by atoms with Crippen LogP contribution in [0.15, 0.2) is 24.3 Å². The van der Waals surface area contributed by atoms with Gasteiger partial charge in [-0.25, -0.2) is 0 Å². The van der Waals surface area contributed by atoms with Crippen LogP contribution in [0.25, 0.3) is 0 Å². The summed E-state index contributed by atoms with van der Waals surface area (Å²) in [6, 6.07) is 7.92. The number of carbonyl (C=O) groups is 1. The molecule has 1 aliphatic heterocycles. The Balaban J connectivity index is 2.03. The molecule has 4 heteroatoms. The summed E-state index contributed by atoms with van der Waals surface area (Å²) in [6.07, 6.45) is 0.439. The lowest BCUT2D eigenvalue weighted by Crippen LogP contribution is -2.55. The van der Waals surface area contributed by atoms with Gasteiger partial charge < -0.3 is 15.4 Å². The van der Waals surface area contributed by atoms with Crippen LogP contribution >= 0.6 is 0 Å². The van der Waals surface area contributed by atoms with Crippen molar-refractivity contribution in [2.45, 2.75) is 32.4 Å². The molecular formula is C15H22N2O2. The fourth-order valence-electron chi connectivity index (χ4n) is 2.38. The summed E-state index contributed by atoms with van der Waals surface area (Å²) in [5, 5.41) is 0. The Kier molecular flexibility index (Phi) is 4.22. The van der Waals surface area contributed by atoms with Gasteiger partial charge in [0.15, 0.2) is 0 Å². The quantitative estimate of drug-likeness (QED) is 0.894. The van der Waals surface area contributed by atoms with Crippen LogP contribution in [0.4, 0.5) is 0 Å². The van der Waals surface area contributed by atoms with E-state index in [0.29, 0.717) is 32.7 Å². The topological polar surface area (TPSA) is 55.6 Å². The lowest BCUT2D eigenvalue weighted by atomic mass is 10.0. The molecule has 1 aromatic carbocycles. The molecule has 1 aliphatic rings. The van der Waals surface area contributed by atoms with Crippen molar-refractivity contribution in [3.8, 4) is 0 Å². The number of nitrogens with two attached hydrogens (primary N) is 1. The minimum atomic E-state index is -0.216. The average Bonchev–Trinajstić information content (AvgIpc) is 2.39. The molecule has 0 aliphatic carbocycles. The first-order valence-electron chi connectivity index (χ1n) is 6.69. The van der Waals surface area contributed by atoms with Crippen molar-refractivity contribution < 1.29 is 9.53 Å². The Hall–Kier alpha value is -1.39. The van der Waals surface area contributed by atoms with Gasteiger partial charge >= 0.3 is 0 Å². The fraction of sp³-hybridized carbons (Fsp3) is 0.533. The Morgan fingerprint density at radius 2 is 1.95 bits per heavy atom. The van der Waals surface area contributed by atoms with E-state index in [9.17, 15) is 4.79 Å². The first-order valence-corrected chi connectivity index (χ1v) is 6.69. The van der Waals surface area contributed by atoms with E-state index < -0.39 is 0 Å². The van der Waals surface area contributed by atoms with Crippen LogP contribution in [0.3, 0.4) is 0 Å². The standard InChI is InChI=1S/C15H22N2O2/c1-15(2)11-19-8-7-17(15)14(18)9-12-3-5-13(10-16)6-4-12/h3-6H,7-11,16H2,1-2H3. The molecule has 0 spiro atoms. The van der Waals surface area contributed by atoms with Gasteiger partial charge in [-0.05, 0) is 25.0 Å². The van der Waals surface area contributed by atoms with E-state index in [4.69, 9.17) is 10.5 Å². The highest BCUT2D eigenvalue weighted by molar-refractivity contribution is 5.79. The monoisotopic (exact) mass is 262 g/mol. The van der Waals surface area contributed by atoms with Crippen molar-refractivity contribution in [1.29, 1.82) is 0 Å². The molecule has 0 aromatic heterocycles. The largest absolute Gasteiger partial charge is 0.377 e. The van der Waals surface area contributed by atoms with Crippen LogP contribution in [-0.4, -0.2) is 36.1 Å². The Labute approximate surface area is 114 Å². The van der Waals surface area contributed by atoms with E-state index in [-0.39, 0.29) is 11.4 Å². The van der Waals surface area contributed by atoms with Crippen molar-refractivity contribution in [2.75, 3.05) is 19.8 Å². The molecule has 0 radical (unpaired) electrons. The summed E-state index contributed by atoms with van der Waals surface area (Å²) in [4.78, 5) is 14.3. The number of amides is 1. The van der Waals surface area contributed by atoms with Crippen molar-refractivity contribution in [3.63, 3.8) is 0 Å². The molecule has 0 saturated carbocycles. The van der Waals surface area contributed by atoms with Gasteiger partial charge in [-0.3, -0.25) is 4.79 Å². The normalized spacial score (nSPS) is 18.4. The number of hydrogen-bond acceptors (Lipinski definition) is 3. The maximum absolute atomic E-state index is 12.4. The Morgan fingerprint density at radius 1 is 1.32 bits per heavy atom. The first kappa shape index (κ1) is 14.0. The smallest absolute Gasteiger partial charge is 0.227 e. The van der Waals surface area contributed by atoms with Gasteiger partial charge in [0.05, 0.1) is 25.2 Å². The molecule has 2 N–H and O–H groups in total. The van der Waals surface area contributed by atoms with E-state index in [1.165, 1.54) is 0 Å². The average molecular weight is 262 g/mol. The third kappa shape index (κ3) is 3.33. The van der Waals surface area contributed by atoms with Gasteiger partial charge in [-0.15, -0.1) is 0 Å². The van der Waals surface area contributed by atoms with Gasteiger partial charge in [0, 0.05) is 13.1 Å². The molecule has 0 unspecified atom stereocenters. The molecule has 2 rings (SSSR count). The summed E-state index contributed by atoms with van der Waals surface area (Å²) in [6.45, 7) is 6.52. The molecule has 0 bridgehead atoms. The maximum atomic E-state index is 12.4. The summed E-state index contributed by atoms with van der Waals surface area (Å²) in [5.41, 5.74) is 7.47. The summed E-state index contributed by atoms with van der Waals surface area (Å²) >= 11 is 0. The zero-order valence-electron chi connectivity index (χ0n) is 11.7. The summed E-state index contributed by atoms with van der Waals surface area (Å²) < 4.78 is 5.44. The third-order valence-electron chi connectivity index (χ3n) is 3.56. The lowest BCUT2D eigenvalue weighted by molar-refractivity contribution is -0.145. The molecule has 1 heterocycles. The number of rotatable bonds is 3. The SMILES string of the molecule is CC1(C)COCCN1C(=O)Cc1ccc(CN)cc1. The molecular weight excluding hydrogens is 240 g/mol. The van der Waals surface area contributed by atoms with Gasteiger partial charge in [0.25, 0.3) is 0 Å². The predicted octanol–water partition coefficient (Wildman–Crippen LogP) is 1.33. The van der Waals surface area contributed by atoms with Gasteiger partial charge in [0.2, 0.25) is 5.91 Å². The van der Waals surface area contributed by atoms with Crippen LogP contribution in [0.2, 0.25) is 0 Å². The molecule has 19 heavy (non-hydrogen) atoms. The second-order valence-electron chi connectivity index (χ2n) is 5.61. The van der Waals surface area contributed by atoms with E-state index >= 15 is 0 Å². The number of ether oxygens (including phenoxy) is 1. The van der Waals surface area contributed by atoms with Crippen molar-refractivity contribution in [1.82, 2.24) is 4.90 Å². The third-order valence-corrected chi connectivity index (χ3v) is 3.56. The van der Waals surface area contributed by atoms with Crippen LogP contribution in [0, 0.1) is 0 Å². The minimum absolute atomic E-state index is 0.161. The number of morpholine rings is 1. The molecule has 0 atom stereocenters. The number of nitrogens with zero attached hydrogens (tertiary/aromatic N) is 1. The first-order chi connectivity index (χ1) is 9.03. The predicted molar refractivity (Wildman–Crippen MR) is 74.6 cm³/mol. The second kappa shape index (κ2) is 5.72. The van der Waals surface area contributed by atoms with E-state index in [1.54, 1.807) is 0 Å². The highest BCUT2D eigenvalue weighted by atomic mass is 16.5. The Morgan fingerprint density at radius 3 is 2.53 bits per heavy atom. The molecule has 1 amide bonds. The van der Waals surface area contributed by atoms with Crippen LogP contribution in [0.5, 0.6) is 0 Å². The molecule has 1 aromatic rings. The maximum Gasteiger partial charge on any atom is 0.227 e. The second-order valence-corrected chi connectivity index (χ2v) is 5.61. The number of carbonyl (C=O) groups excluding carboxylic acids is 1. The molecule has 1 saturated heterocycles. The zero-order chi connectivity index (χ0) is 13.9. The molecule has 104 valence electrons. The lowest BCUT2D eigenvalue weighted by Gasteiger charge is -2.42. The van der Waals surface area contributed by atoms with Crippen molar-refractivity contribution >= 4 is 5.91 Å². The number of hydrogen-bond donors (Lipinski definition) is 1. The van der Waals surface area contributed by atoms with Gasteiger partial charge in [-0.1, -0.05) is 24.3 Å². The van der Waals surface area contributed by atoms with Crippen molar-refractivity contribution in [2.24, 2.45) is 5.73 Å². The Bertz CT molecular complexity index is 440. The molecule has 4 nitrogen and oxygen atoms in total. The van der Waals surface area contributed by atoms with Crippen LogP contribution < -0.4 is 5.73 Å². The zero-order valence-corrected chi connectivity index (χ0v) is 11.7.